The molecule has 2 rings (SSSR count). The van der Waals surface area contributed by atoms with Crippen LogP contribution in [0.2, 0.25) is 0 Å². The molecule has 0 spiro atoms. The fraction of sp³-hybridized carbons (Fsp3) is 0.545. The first-order chi connectivity index (χ1) is 8.29. The molecular formula is C11H17N5S. The van der Waals surface area contributed by atoms with Gasteiger partial charge in [-0.3, -0.25) is 5.10 Å². The van der Waals surface area contributed by atoms with Crippen LogP contribution in [0.4, 0.5) is 0 Å². The third-order valence-electron chi connectivity index (χ3n) is 2.45. The molecule has 0 aliphatic heterocycles. The summed E-state index contributed by atoms with van der Waals surface area (Å²) < 4.78 is 0. The molecular weight excluding hydrogens is 234 g/mol. The third-order valence-corrected chi connectivity index (χ3v) is 3.44. The molecule has 0 aromatic carbocycles. The number of rotatable bonds is 6. The van der Waals surface area contributed by atoms with Gasteiger partial charge in [-0.2, -0.15) is 5.10 Å². The Kier molecular flexibility index (Phi) is 4.22. The Morgan fingerprint density at radius 1 is 1.53 bits per heavy atom. The van der Waals surface area contributed by atoms with E-state index in [0.29, 0.717) is 0 Å². The molecule has 6 heteroatoms. The van der Waals surface area contributed by atoms with Crippen molar-refractivity contribution in [2.24, 2.45) is 0 Å². The van der Waals surface area contributed by atoms with Crippen LogP contribution in [0, 0.1) is 6.92 Å². The van der Waals surface area contributed by atoms with E-state index in [4.69, 9.17) is 0 Å². The second kappa shape index (κ2) is 5.88. The number of aryl methyl sites for hydroxylation is 1. The monoisotopic (exact) mass is 251 g/mol. The highest BCUT2D eigenvalue weighted by Gasteiger charge is 2.15. The van der Waals surface area contributed by atoms with Crippen LogP contribution in [0.3, 0.4) is 0 Å². The highest BCUT2D eigenvalue weighted by molar-refractivity contribution is 7.09. The molecule has 0 fully saturated rings. The number of nitrogens with zero attached hydrogens (tertiary/aromatic N) is 3. The van der Waals surface area contributed by atoms with Crippen LogP contribution in [0.25, 0.3) is 0 Å². The molecule has 0 amide bonds. The lowest BCUT2D eigenvalue weighted by Crippen LogP contribution is -2.25. The van der Waals surface area contributed by atoms with Gasteiger partial charge in [-0.05, 0) is 19.9 Å². The SMILES string of the molecule is CCCNC(Cc1nc(C)cs1)c1ncn[nH]1. The lowest BCUT2D eigenvalue weighted by atomic mass is 10.2. The summed E-state index contributed by atoms with van der Waals surface area (Å²) in [5.74, 6) is 0.881. The molecule has 1 atom stereocenters. The summed E-state index contributed by atoms with van der Waals surface area (Å²) in [7, 11) is 0. The second-order valence-electron chi connectivity index (χ2n) is 3.96. The zero-order chi connectivity index (χ0) is 12.1. The van der Waals surface area contributed by atoms with Crippen LogP contribution in [0.1, 0.15) is 35.9 Å². The van der Waals surface area contributed by atoms with E-state index in [1.54, 1.807) is 17.7 Å². The number of aromatic nitrogens is 4. The van der Waals surface area contributed by atoms with Gasteiger partial charge in [0.05, 0.1) is 11.0 Å². The van der Waals surface area contributed by atoms with Crippen LogP contribution in [-0.2, 0) is 6.42 Å². The fourth-order valence-corrected chi connectivity index (χ4v) is 2.46. The maximum absolute atomic E-state index is 4.48. The van der Waals surface area contributed by atoms with Gasteiger partial charge in [-0.1, -0.05) is 6.92 Å². The quantitative estimate of drug-likeness (QED) is 0.822. The van der Waals surface area contributed by atoms with E-state index < -0.39 is 0 Å². The van der Waals surface area contributed by atoms with Gasteiger partial charge in [-0.25, -0.2) is 9.97 Å². The largest absolute Gasteiger partial charge is 0.307 e. The lowest BCUT2D eigenvalue weighted by molar-refractivity contribution is 0.505. The van der Waals surface area contributed by atoms with E-state index >= 15 is 0 Å². The molecule has 92 valence electrons. The van der Waals surface area contributed by atoms with E-state index in [1.165, 1.54) is 0 Å². The summed E-state index contributed by atoms with van der Waals surface area (Å²) in [5.41, 5.74) is 1.08. The summed E-state index contributed by atoms with van der Waals surface area (Å²) in [5, 5.41) is 13.5. The molecule has 2 heterocycles. The van der Waals surface area contributed by atoms with Crippen LogP contribution in [-0.4, -0.2) is 26.7 Å². The van der Waals surface area contributed by atoms with Crippen molar-refractivity contribution in [2.45, 2.75) is 32.7 Å². The predicted molar refractivity (Wildman–Crippen MR) is 68.0 cm³/mol. The van der Waals surface area contributed by atoms with Crippen molar-refractivity contribution in [3.05, 3.63) is 28.2 Å². The van der Waals surface area contributed by atoms with Gasteiger partial charge in [-0.15, -0.1) is 11.3 Å². The summed E-state index contributed by atoms with van der Waals surface area (Å²) in [6, 6.07) is 0.169. The minimum absolute atomic E-state index is 0.169. The van der Waals surface area contributed by atoms with Crippen LogP contribution < -0.4 is 5.32 Å². The van der Waals surface area contributed by atoms with Crippen molar-refractivity contribution in [2.75, 3.05) is 6.54 Å². The maximum Gasteiger partial charge on any atom is 0.141 e. The summed E-state index contributed by atoms with van der Waals surface area (Å²) in [6.45, 7) is 5.14. The topological polar surface area (TPSA) is 66.5 Å². The standard InChI is InChI=1S/C11H17N5S/c1-3-4-12-9(11-13-7-14-16-11)5-10-15-8(2)6-17-10/h6-7,9,12H,3-5H2,1-2H3,(H,13,14,16). The maximum atomic E-state index is 4.48. The molecule has 0 saturated carbocycles. The normalized spacial score (nSPS) is 12.8. The van der Waals surface area contributed by atoms with Crippen molar-refractivity contribution >= 4 is 11.3 Å². The van der Waals surface area contributed by atoms with Crippen molar-refractivity contribution < 1.29 is 0 Å². The zero-order valence-electron chi connectivity index (χ0n) is 10.1. The van der Waals surface area contributed by atoms with Crippen molar-refractivity contribution in [1.29, 1.82) is 0 Å². The Morgan fingerprint density at radius 2 is 2.41 bits per heavy atom. The highest BCUT2D eigenvalue weighted by atomic mass is 32.1. The molecule has 0 bridgehead atoms. The number of hydrogen-bond acceptors (Lipinski definition) is 5. The van der Waals surface area contributed by atoms with Gasteiger partial charge in [0, 0.05) is 17.5 Å². The fourth-order valence-electron chi connectivity index (χ4n) is 1.64. The first-order valence-electron chi connectivity index (χ1n) is 5.79. The van der Waals surface area contributed by atoms with Gasteiger partial charge < -0.3 is 5.32 Å². The van der Waals surface area contributed by atoms with Crippen LogP contribution in [0.15, 0.2) is 11.7 Å². The minimum atomic E-state index is 0.169. The van der Waals surface area contributed by atoms with Crippen LogP contribution in [0.5, 0.6) is 0 Å². The second-order valence-corrected chi connectivity index (χ2v) is 4.91. The first kappa shape index (κ1) is 12.2. The number of thiazole rings is 1. The summed E-state index contributed by atoms with van der Waals surface area (Å²) >= 11 is 1.70. The summed E-state index contributed by atoms with van der Waals surface area (Å²) in [4.78, 5) is 8.71. The average Bonchev–Trinajstić information content (AvgIpc) is 2.95. The first-order valence-corrected chi connectivity index (χ1v) is 6.67. The van der Waals surface area contributed by atoms with E-state index in [1.807, 2.05) is 6.92 Å². The van der Waals surface area contributed by atoms with Gasteiger partial charge in [0.25, 0.3) is 0 Å². The number of nitrogens with one attached hydrogen (secondary N) is 2. The smallest absolute Gasteiger partial charge is 0.141 e. The van der Waals surface area contributed by atoms with Crippen molar-refractivity contribution in [3.8, 4) is 0 Å². The molecule has 0 radical (unpaired) electrons. The van der Waals surface area contributed by atoms with Gasteiger partial charge in [0.1, 0.15) is 12.2 Å². The molecule has 17 heavy (non-hydrogen) atoms. The van der Waals surface area contributed by atoms with Crippen LogP contribution >= 0.6 is 11.3 Å². The molecule has 2 N–H and O–H groups in total. The number of aromatic amines is 1. The third kappa shape index (κ3) is 3.34. The Bertz CT molecular complexity index is 436. The van der Waals surface area contributed by atoms with Gasteiger partial charge in [0.15, 0.2) is 0 Å². The van der Waals surface area contributed by atoms with E-state index in [0.717, 1.165) is 35.9 Å². The average molecular weight is 251 g/mol. The number of H-pyrrole nitrogens is 1. The van der Waals surface area contributed by atoms with E-state index in [-0.39, 0.29) is 6.04 Å². The Balaban J connectivity index is 2.05. The Hall–Kier alpha value is -1.27. The molecule has 2 aromatic rings. The zero-order valence-corrected chi connectivity index (χ0v) is 10.9. The molecule has 0 saturated heterocycles. The van der Waals surface area contributed by atoms with Crippen molar-refractivity contribution in [3.63, 3.8) is 0 Å². The Labute approximate surface area is 105 Å². The molecule has 5 nitrogen and oxygen atoms in total. The molecule has 1 unspecified atom stereocenters. The Morgan fingerprint density at radius 3 is 3.00 bits per heavy atom. The molecule has 0 aliphatic carbocycles. The lowest BCUT2D eigenvalue weighted by Gasteiger charge is -2.14. The molecule has 0 aliphatic rings. The van der Waals surface area contributed by atoms with Gasteiger partial charge >= 0.3 is 0 Å². The van der Waals surface area contributed by atoms with Crippen molar-refractivity contribution in [1.82, 2.24) is 25.5 Å². The summed E-state index contributed by atoms with van der Waals surface area (Å²) in [6.07, 6.45) is 3.50. The number of hydrogen-bond donors (Lipinski definition) is 2. The minimum Gasteiger partial charge on any atom is -0.307 e. The highest BCUT2D eigenvalue weighted by Crippen LogP contribution is 2.17. The van der Waals surface area contributed by atoms with E-state index in [2.05, 4.69) is 37.8 Å². The van der Waals surface area contributed by atoms with E-state index in [9.17, 15) is 0 Å². The van der Waals surface area contributed by atoms with Gasteiger partial charge in [0.2, 0.25) is 0 Å². The molecule has 2 aromatic heterocycles. The predicted octanol–water partition coefficient (Wildman–Crippen LogP) is 1.85.